The third kappa shape index (κ3) is 22.6. The Bertz CT molecular complexity index is 3070. The highest BCUT2D eigenvalue weighted by Gasteiger charge is 2.43. The lowest BCUT2D eigenvalue weighted by atomic mass is 10.0. The molecule has 2 aliphatic rings. The average molecular weight is 1290 g/mol. The fourth-order valence-corrected chi connectivity index (χ4v) is 11.2. The summed E-state index contributed by atoms with van der Waals surface area (Å²) in [6, 6.07) is 2.38. The molecule has 3 heterocycles. The van der Waals surface area contributed by atoms with E-state index in [1.807, 2.05) is 38.1 Å². The molecule has 2 saturated heterocycles. The van der Waals surface area contributed by atoms with Crippen molar-refractivity contribution < 1.29 is 67.7 Å². The zero-order chi connectivity index (χ0) is 66.9. The van der Waals surface area contributed by atoms with Crippen molar-refractivity contribution in [2.75, 3.05) is 31.9 Å². The first kappa shape index (κ1) is 72.9. The van der Waals surface area contributed by atoms with Gasteiger partial charge in [-0.2, -0.15) is 12.6 Å². The largest absolute Gasteiger partial charge is 0.481 e. The van der Waals surface area contributed by atoms with Crippen LogP contribution in [0.5, 0.6) is 0 Å². The maximum Gasteiger partial charge on any atom is 0.326 e. The number of benzene rings is 2. The molecule has 31 heteroatoms. The van der Waals surface area contributed by atoms with Crippen LogP contribution in [-0.2, 0) is 70.4 Å². The number of nitrogens with one attached hydrogen (secondary N) is 8. The number of amides is 10. The van der Waals surface area contributed by atoms with E-state index in [1.165, 1.54) is 9.80 Å². The van der Waals surface area contributed by atoms with Gasteiger partial charge in [-0.1, -0.05) is 62.4 Å². The van der Waals surface area contributed by atoms with E-state index in [-0.39, 0.29) is 88.6 Å². The first-order valence-corrected chi connectivity index (χ1v) is 31.1. The molecule has 30 nitrogen and oxygen atoms in total. The van der Waals surface area contributed by atoms with Crippen LogP contribution in [0.15, 0.2) is 65.8 Å². The number of aromatic nitrogens is 1. The van der Waals surface area contributed by atoms with Crippen LogP contribution >= 0.6 is 12.6 Å². The van der Waals surface area contributed by atoms with Gasteiger partial charge < -0.3 is 90.9 Å². The van der Waals surface area contributed by atoms with Crippen LogP contribution in [-0.4, -0.2) is 194 Å². The molecule has 91 heavy (non-hydrogen) atoms. The predicted molar refractivity (Wildman–Crippen MR) is 338 cm³/mol. The van der Waals surface area contributed by atoms with Crippen molar-refractivity contribution in [2.24, 2.45) is 39.6 Å². The van der Waals surface area contributed by atoms with E-state index in [1.54, 1.807) is 36.5 Å². The molecule has 10 amide bonds. The second-order valence-corrected chi connectivity index (χ2v) is 23.5. The van der Waals surface area contributed by atoms with Crippen molar-refractivity contribution in [1.29, 1.82) is 0 Å². The van der Waals surface area contributed by atoms with Gasteiger partial charge in [0, 0.05) is 61.7 Å². The number of aliphatic imine (C=N–C) groups is 1. The molecule has 10 atom stereocenters. The van der Waals surface area contributed by atoms with E-state index in [0.29, 0.717) is 43.4 Å². The molecule has 20 N–H and O–H groups in total. The SMILES string of the molecule is CC(C)C[C@H](N)C(=O)N[C@@H](CCCCN)C(=O)N[C@@H](Cc1c[nH]c2ccccc12)C(=O)N[C@@H](CCCN=C(N)N)C(=O)N[C@@H](CS)C(=O)N1CCC[C@H]1C(=O)N[C@@H](Cc1ccccc1)C(=O)N1CCC[C@H]1C(=O)N[C@@H](CC(=O)O)C(=O)N[C@@H](CCC(N)=O)C(=O)O. The summed E-state index contributed by atoms with van der Waals surface area (Å²) in [6.07, 6.45) is 2.00. The normalized spacial score (nSPS) is 17.2. The molecule has 5 rings (SSSR count). The van der Waals surface area contributed by atoms with Crippen LogP contribution in [0.4, 0.5) is 0 Å². The Morgan fingerprint density at radius 3 is 1.73 bits per heavy atom. The molecule has 0 radical (unpaired) electrons. The zero-order valence-electron chi connectivity index (χ0n) is 51.2. The maximum atomic E-state index is 14.8. The Morgan fingerprint density at radius 2 is 1.15 bits per heavy atom. The minimum absolute atomic E-state index is 0.00143. The van der Waals surface area contributed by atoms with E-state index in [2.05, 4.69) is 59.8 Å². The number of aliphatic carboxylic acids is 2. The van der Waals surface area contributed by atoms with Gasteiger partial charge in [0.2, 0.25) is 59.1 Å². The lowest BCUT2D eigenvalue weighted by Crippen LogP contribution is -2.61. The van der Waals surface area contributed by atoms with Crippen LogP contribution in [0.2, 0.25) is 0 Å². The Hall–Kier alpha value is -8.84. The number of H-pyrrole nitrogens is 1. The molecule has 3 aromatic rings. The molecule has 0 unspecified atom stereocenters. The van der Waals surface area contributed by atoms with E-state index >= 15 is 0 Å². The van der Waals surface area contributed by atoms with Gasteiger partial charge >= 0.3 is 11.9 Å². The number of primary amides is 1. The van der Waals surface area contributed by atoms with Gasteiger partial charge in [-0.15, -0.1) is 0 Å². The quantitative estimate of drug-likeness (QED) is 0.0124. The number of unbranched alkanes of at least 4 members (excludes halogenated alkanes) is 1. The van der Waals surface area contributed by atoms with Gasteiger partial charge in [0.15, 0.2) is 5.96 Å². The Morgan fingerprint density at radius 1 is 0.626 bits per heavy atom. The minimum Gasteiger partial charge on any atom is -0.481 e. The number of guanidine groups is 1. The molecular formula is C60H88N16O14S. The first-order valence-electron chi connectivity index (χ1n) is 30.5. The van der Waals surface area contributed by atoms with Crippen LogP contribution in [0.3, 0.4) is 0 Å². The number of hydrogen-bond acceptors (Lipinski definition) is 16. The third-order valence-corrected chi connectivity index (χ3v) is 16.0. The number of likely N-dealkylation sites (tertiary alicyclic amines) is 2. The van der Waals surface area contributed by atoms with Gasteiger partial charge in [-0.3, -0.25) is 57.7 Å². The lowest BCUT2D eigenvalue weighted by Gasteiger charge is -2.32. The molecular weight excluding hydrogens is 1200 g/mol. The molecule has 0 spiro atoms. The highest BCUT2D eigenvalue weighted by molar-refractivity contribution is 7.80. The van der Waals surface area contributed by atoms with E-state index in [4.69, 9.17) is 28.7 Å². The average Bonchev–Trinajstić information content (AvgIpc) is 1.85. The van der Waals surface area contributed by atoms with Gasteiger partial charge in [0.25, 0.3) is 0 Å². The van der Waals surface area contributed by atoms with Gasteiger partial charge in [0.1, 0.15) is 54.4 Å². The summed E-state index contributed by atoms with van der Waals surface area (Å²) in [6.45, 7) is 4.20. The highest BCUT2D eigenvalue weighted by atomic mass is 32.1. The second-order valence-electron chi connectivity index (χ2n) is 23.2. The Labute approximate surface area is 532 Å². The number of aromatic amines is 1. The lowest BCUT2D eigenvalue weighted by molar-refractivity contribution is -0.145. The molecule has 0 aliphatic carbocycles. The highest BCUT2D eigenvalue weighted by Crippen LogP contribution is 2.24. The molecule has 2 aromatic carbocycles. The van der Waals surface area contributed by atoms with Crippen molar-refractivity contribution in [3.63, 3.8) is 0 Å². The smallest absolute Gasteiger partial charge is 0.326 e. The van der Waals surface area contributed by atoms with E-state index < -0.39 is 151 Å². The van der Waals surface area contributed by atoms with Gasteiger partial charge in [0.05, 0.1) is 12.5 Å². The fraction of sp³-hybridized carbons (Fsp3) is 0.550. The molecule has 2 fully saturated rings. The molecule has 1 aromatic heterocycles. The maximum absolute atomic E-state index is 14.8. The van der Waals surface area contributed by atoms with Crippen molar-refractivity contribution in [2.45, 2.75) is 171 Å². The summed E-state index contributed by atoms with van der Waals surface area (Å²) in [7, 11) is 0. The van der Waals surface area contributed by atoms with Gasteiger partial charge in [-0.05, 0) is 100 Å². The van der Waals surface area contributed by atoms with Crippen LogP contribution in [0.25, 0.3) is 10.9 Å². The van der Waals surface area contributed by atoms with Crippen molar-refractivity contribution in [1.82, 2.24) is 52.0 Å². The standard InChI is InChI=1S/C60H88N16O14S/c1-33(2)27-37(62)50(80)68-39(17-8-9-23-61)51(81)71-42(29-35-31-67-38-16-7-6-15-36(35)38)53(83)69-40(18-10-24-66-60(64)65)52(82)74-45(32-91)58(88)76-26-12-20-47(76)56(86)73-44(28-34-13-4-3-5-14-34)57(87)75-25-11-19-46(75)55(85)72-43(30-49(78)79)54(84)70-41(59(89)90)21-22-48(63)77/h3-7,13-16,31,33,37,39-47,67,91H,8-12,17-30,32,61-62H2,1-2H3,(H2,63,77)(H,68,80)(H,69,83)(H,70,84)(H,71,81)(H,72,85)(H,73,86)(H,74,82)(H,78,79)(H,89,90)(H4,64,65,66)/t37-,39-,40-,41-,42-,43-,44-,45-,46-,47-/m0/s1. The number of nitrogens with two attached hydrogens (primary N) is 5. The topological polar surface area (TPSA) is 494 Å². The summed E-state index contributed by atoms with van der Waals surface area (Å²) < 4.78 is 0. The summed E-state index contributed by atoms with van der Waals surface area (Å²) in [5, 5.41) is 38.4. The number of thiol groups is 1. The third-order valence-electron chi connectivity index (χ3n) is 15.6. The van der Waals surface area contributed by atoms with Crippen molar-refractivity contribution in [3.8, 4) is 0 Å². The Kier molecular flexibility index (Phi) is 28.9. The monoisotopic (exact) mass is 1290 g/mol. The first-order chi connectivity index (χ1) is 43.3. The summed E-state index contributed by atoms with van der Waals surface area (Å²) >= 11 is 4.43. The number of carbonyl (C=O) groups excluding carboxylic acids is 10. The van der Waals surface area contributed by atoms with E-state index in [0.717, 1.165) is 10.9 Å². The van der Waals surface area contributed by atoms with Crippen molar-refractivity contribution >= 4 is 101 Å². The molecule has 0 saturated carbocycles. The molecule has 0 bridgehead atoms. The number of nitrogens with zero attached hydrogens (tertiary/aromatic N) is 3. The number of rotatable bonds is 37. The summed E-state index contributed by atoms with van der Waals surface area (Å²) in [4.78, 5) is 173. The Balaban J connectivity index is 1.37. The van der Waals surface area contributed by atoms with Crippen LogP contribution < -0.4 is 65.9 Å². The minimum atomic E-state index is -1.82. The summed E-state index contributed by atoms with van der Waals surface area (Å²) in [5.41, 5.74) is 30.3. The molecule has 498 valence electrons. The number of carboxylic acid groups (broad SMARTS) is 2. The number of carbonyl (C=O) groups is 12. The zero-order valence-corrected chi connectivity index (χ0v) is 52.1. The number of carboxylic acids is 2. The van der Waals surface area contributed by atoms with Crippen LogP contribution in [0, 0.1) is 5.92 Å². The second kappa shape index (κ2) is 36.1. The van der Waals surface area contributed by atoms with E-state index in [9.17, 15) is 67.7 Å². The van der Waals surface area contributed by atoms with Crippen LogP contribution in [0.1, 0.15) is 108 Å². The summed E-state index contributed by atoms with van der Waals surface area (Å²) in [5.74, 6) is -11.6. The van der Waals surface area contributed by atoms with Gasteiger partial charge in [-0.25, -0.2) is 4.79 Å². The van der Waals surface area contributed by atoms with Crippen molar-refractivity contribution in [3.05, 3.63) is 71.9 Å². The number of para-hydroxylation sites is 1. The predicted octanol–water partition coefficient (Wildman–Crippen LogP) is -2.36. The number of fused-ring (bicyclic) bond motifs is 1. The molecule has 2 aliphatic heterocycles. The fourth-order valence-electron chi connectivity index (χ4n) is 11.0. The number of hydrogen-bond donors (Lipinski definition) is 16.